The van der Waals surface area contributed by atoms with Gasteiger partial charge in [0.05, 0.1) is 24.5 Å². The highest BCUT2D eigenvalue weighted by Gasteiger charge is 2.35. The van der Waals surface area contributed by atoms with Gasteiger partial charge in [-0.25, -0.2) is 9.97 Å². The number of nitriles is 1. The number of anilines is 2. The molecule has 3 aliphatic heterocycles. The van der Waals surface area contributed by atoms with Gasteiger partial charge >= 0.3 is 0 Å². The van der Waals surface area contributed by atoms with Gasteiger partial charge in [0, 0.05) is 63.5 Å². The van der Waals surface area contributed by atoms with Crippen LogP contribution in [0.3, 0.4) is 0 Å². The van der Waals surface area contributed by atoms with E-state index in [9.17, 15) is 5.26 Å². The Morgan fingerprint density at radius 3 is 2.71 bits per heavy atom. The predicted octanol–water partition coefficient (Wildman–Crippen LogP) is 1.43. The Morgan fingerprint density at radius 2 is 1.96 bits per heavy atom. The van der Waals surface area contributed by atoms with Crippen molar-refractivity contribution in [2.75, 3.05) is 55.7 Å². The molecule has 0 radical (unpaired) electrons. The van der Waals surface area contributed by atoms with Crippen molar-refractivity contribution < 1.29 is 4.74 Å². The van der Waals surface area contributed by atoms with E-state index in [0.717, 1.165) is 68.6 Å². The first-order valence-corrected chi connectivity index (χ1v) is 9.97. The highest BCUT2D eigenvalue weighted by Crippen LogP contribution is 2.29. The fourth-order valence-corrected chi connectivity index (χ4v) is 4.31. The normalized spacial score (nSPS) is 20.4. The van der Waals surface area contributed by atoms with Gasteiger partial charge in [-0.1, -0.05) is 6.07 Å². The molecule has 0 aromatic carbocycles. The summed E-state index contributed by atoms with van der Waals surface area (Å²) < 4.78 is 5.50. The Labute approximate surface area is 165 Å². The van der Waals surface area contributed by atoms with Gasteiger partial charge in [-0.2, -0.15) is 5.26 Å². The number of nitrogens with zero attached hydrogens (tertiary/aromatic N) is 6. The molecule has 0 amide bonds. The van der Waals surface area contributed by atoms with E-state index in [1.807, 2.05) is 24.4 Å². The van der Waals surface area contributed by atoms with E-state index in [0.29, 0.717) is 24.8 Å². The third-order valence-corrected chi connectivity index (χ3v) is 6.00. The van der Waals surface area contributed by atoms with Crippen LogP contribution in [0.15, 0.2) is 30.5 Å². The third-order valence-electron chi connectivity index (χ3n) is 6.00. The molecular weight excluding hydrogens is 352 g/mol. The molecule has 0 atom stereocenters. The summed E-state index contributed by atoms with van der Waals surface area (Å²) in [7, 11) is 0. The van der Waals surface area contributed by atoms with Crippen molar-refractivity contribution in [2.24, 2.45) is 0 Å². The molecule has 7 heteroatoms. The molecular formula is C21H24N6O. The van der Waals surface area contributed by atoms with Crippen molar-refractivity contribution in [1.82, 2.24) is 14.9 Å². The first-order valence-electron chi connectivity index (χ1n) is 9.97. The maximum Gasteiger partial charge on any atom is 0.146 e. The Bertz CT molecular complexity index is 882. The molecule has 0 spiro atoms. The summed E-state index contributed by atoms with van der Waals surface area (Å²) in [6.07, 6.45) is 2.69. The van der Waals surface area contributed by atoms with E-state index in [1.54, 1.807) is 0 Å². The van der Waals surface area contributed by atoms with Gasteiger partial charge in [-0.15, -0.1) is 0 Å². The second-order valence-corrected chi connectivity index (χ2v) is 7.65. The van der Waals surface area contributed by atoms with Gasteiger partial charge in [-0.05, 0) is 18.2 Å². The standard InChI is InChI=1S/C21H24N6O/c22-12-16-11-17-15-28-10-4-19(17)24-21(16)27-13-18(14-27)25-6-8-26(9-7-25)20-3-1-2-5-23-20/h1-3,5,11,18H,4,6-10,13-15H2. The molecule has 0 aliphatic carbocycles. The summed E-state index contributed by atoms with van der Waals surface area (Å²) in [6.45, 7) is 7.29. The zero-order valence-corrected chi connectivity index (χ0v) is 15.9. The van der Waals surface area contributed by atoms with Crippen LogP contribution in [0, 0.1) is 11.3 Å². The number of rotatable bonds is 3. The molecule has 2 aromatic heterocycles. The highest BCUT2D eigenvalue weighted by atomic mass is 16.5. The summed E-state index contributed by atoms with van der Waals surface area (Å²) >= 11 is 0. The Balaban J connectivity index is 1.21. The van der Waals surface area contributed by atoms with Crippen LogP contribution < -0.4 is 9.80 Å². The molecule has 2 aromatic rings. The minimum absolute atomic E-state index is 0.540. The molecule has 0 unspecified atom stereocenters. The zero-order chi connectivity index (χ0) is 18.9. The van der Waals surface area contributed by atoms with Crippen molar-refractivity contribution in [3.63, 3.8) is 0 Å². The lowest BCUT2D eigenvalue weighted by Gasteiger charge is -2.49. The lowest BCUT2D eigenvalue weighted by molar-refractivity contribution is 0.109. The van der Waals surface area contributed by atoms with Gasteiger partial charge in [0.25, 0.3) is 0 Å². The number of aromatic nitrogens is 2. The average molecular weight is 376 g/mol. The largest absolute Gasteiger partial charge is 0.376 e. The topological polar surface area (TPSA) is 68.5 Å². The maximum atomic E-state index is 9.56. The van der Waals surface area contributed by atoms with Crippen LogP contribution in [0.4, 0.5) is 11.6 Å². The van der Waals surface area contributed by atoms with E-state index in [4.69, 9.17) is 9.72 Å². The SMILES string of the molecule is N#Cc1cc2c(nc1N1CC(N3CCN(c4ccccn4)CC3)C1)CCOC2. The summed E-state index contributed by atoms with van der Waals surface area (Å²) in [4.78, 5) is 16.5. The molecule has 0 N–H and O–H groups in total. The van der Waals surface area contributed by atoms with Crippen molar-refractivity contribution >= 4 is 11.6 Å². The Morgan fingerprint density at radius 1 is 1.11 bits per heavy atom. The van der Waals surface area contributed by atoms with Gasteiger partial charge in [-0.3, -0.25) is 4.90 Å². The van der Waals surface area contributed by atoms with Crippen molar-refractivity contribution in [3.8, 4) is 6.07 Å². The molecule has 28 heavy (non-hydrogen) atoms. The van der Waals surface area contributed by atoms with Crippen LogP contribution in [0.25, 0.3) is 0 Å². The number of ether oxygens (including phenoxy) is 1. The lowest BCUT2D eigenvalue weighted by Crippen LogP contribution is -2.63. The fraction of sp³-hybridized carbons (Fsp3) is 0.476. The quantitative estimate of drug-likeness (QED) is 0.803. The summed E-state index contributed by atoms with van der Waals surface area (Å²) in [5.41, 5.74) is 2.82. The molecule has 2 fully saturated rings. The van der Waals surface area contributed by atoms with Crippen molar-refractivity contribution in [2.45, 2.75) is 19.1 Å². The van der Waals surface area contributed by atoms with E-state index in [-0.39, 0.29) is 0 Å². The molecule has 144 valence electrons. The number of pyridine rings is 2. The van der Waals surface area contributed by atoms with Gasteiger partial charge < -0.3 is 14.5 Å². The highest BCUT2D eigenvalue weighted by molar-refractivity contribution is 5.58. The van der Waals surface area contributed by atoms with Crippen LogP contribution in [0.2, 0.25) is 0 Å². The second kappa shape index (κ2) is 7.38. The molecule has 5 heterocycles. The van der Waals surface area contributed by atoms with Crippen LogP contribution in [0.5, 0.6) is 0 Å². The van der Waals surface area contributed by atoms with Crippen LogP contribution >= 0.6 is 0 Å². The number of hydrogen-bond acceptors (Lipinski definition) is 7. The van der Waals surface area contributed by atoms with Crippen molar-refractivity contribution in [3.05, 3.63) is 47.3 Å². The van der Waals surface area contributed by atoms with Crippen LogP contribution in [-0.4, -0.2) is 66.8 Å². The molecule has 7 nitrogen and oxygen atoms in total. The van der Waals surface area contributed by atoms with Gasteiger partial charge in [0.1, 0.15) is 17.7 Å². The summed E-state index contributed by atoms with van der Waals surface area (Å²) in [5.74, 6) is 1.92. The van der Waals surface area contributed by atoms with Gasteiger partial charge in [0.15, 0.2) is 0 Å². The van der Waals surface area contributed by atoms with E-state index < -0.39 is 0 Å². The summed E-state index contributed by atoms with van der Waals surface area (Å²) in [5, 5.41) is 9.56. The monoisotopic (exact) mass is 376 g/mol. The smallest absolute Gasteiger partial charge is 0.146 e. The Hall–Kier alpha value is -2.69. The maximum absolute atomic E-state index is 9.56. The minimum Gasteiger partial charge on any atom is -0.376 e. The van der Waals surface area contributed by atoms with Gasteiger partial charge in [0.2, 0.25) is 0 Å². The minimum atomic E-state index is 0.540. The zero-order valence-electron chi connectivity index (χ0n) is 15.9. The second-order valence-electron chi connectivity index (χ2n) is 7.65. The molecule has 0 saturated carbocycles. The fourth-order valence-electron chi connectivity index (χ4n) is 4.31. The van der Waals surface area contributed by atoms with Crippen molar-refractivity contribution in [1.29, 1.82) is 5.26 Å². The molecule has 3 aliphatic rings. The third kappa shape index (κ3) is 3.19. The predicted molar refractivity (Wildman–Crippen MR) is 106 cm³/mol. The van der Waals surface area contributed by atoms with Crippen LogP contribution in [-0.2, 0) is 17.8 Å². The average Bonchev–Trinajstić information content (AvgIpc) is 2.73. The van der Waals surface area contributed by atoms with Crippen LogP contribution in [0.1, 0.15) is 16.8 Å². The van der Waals surface area contributed by atoms with E-state index in [2.05, 4.69) is 31.8 Å². The number of hydrogen-bond donors (Lipinski definition) is 0. The Kier molecular flexibility index (Phi) is 4.59. The van der Waals surface area contributed by atoms with E-state index in [1.165, 1.54) is 0 Å². The molecule has 0 bridgehead atoms. The first kappa shape index (κ1) is 17.4. The number of fused-ring (bicyclic) bond motifs is 1. The summed E-state index contributed by atoms with van der Waals surface area (Å²) in [6, 6.07) is 10.9. The molecule has 5 rings (SSSR count). The first-order chi connectivity index (χ1) is 13.8. The molecule has 2 saturated heterocycles. The van der Waals surface area contributed by atoms with E-state index >= 15 is 0 Å². The lowest BCUT2D eigenvalue weighted by atomic mass is 10.0. The number of piperazine rings is 1.